The summed E-state index contributed by atoms with van der Waals surface area (Å²) in [6.07, 6.45) is 1.65. The minimum Gasteiger partial charge on any atom is -0.490 e. The Labute approximate surface area is 189 Å². The van der Waals surface area contributed by atoms with Gasteiger partial charge in [0.1, 0.15) is 0 Å². The van der Waals surface area contributed by atoms with E-state index in [1.54, 1.807) is 25.1 Å². The number of ether oxygens (including phenoxy) is 2. The van der Waals surface area contributed by atoms with Gasteiger partial charge in [0.2, 0.25) is 0 Å². The van der Waals surface area contributed by atoms with Crippen LogP contribution in [0.4, 0.5) is 5.69 Å². The van der Waals surface area contributed by atoms with Gasteiger partial charge in [0.05, 0.1) is 45.8 Å². The maximum Gasteiger partial charge on any atom is 0.337 e. The van der Waals surface area contributed by atoms with Crippen molar-refractivity contribution in [3.05, 3.63) is 57.1 Å². The van der Waals surface area contributed by atoms with Crippen molar-refractivity contribution in [3.63, 3.8) is 0 Å². The van der Waals surface area contributed by atoms with Crippen molar-refractivity contribution in [2.24, 2.45) is 5.10 Å². The minimum atomic E-state index is -1.19. The molecule has 31 heavy (non-hydrogen) atoms. The Morgan fingerprint density at radius 2 is 1.84 bits per heavy atom. The molecule has 0 spiro atoms. The summed E-state index contributed by atoms with van der Waals surface area (Å²) in [6, 6.07) is 7.68. The molecule has 1 aliphatic rings. The second-order valence-corrected chi connectivity index (χ2v) is 7.34. The number of amides is 1. The van der Waals surface area contributed by atoms with Gasteiger partial charge in [-0.05, 0) is 62.7 Å². The largest absolute Gasteiger partial charge is 0.490 e. The fourth-order valence-electron chi connectivity index (χ4n) is 3.05. The van der Waals surface area contributed by atoms with Crippen molar-refractivity contribution in [3.8, 4) is 11.5 Å². The summed E-state index contributed by atoms with van der Waals surface area (Å²) in [4.78, 5) is 24.4. The van der Waals surface area contributed by atoms with Gasteiger partial charge in [-0.15, -0.1) is 0 Å². The van der Waals surface area contributed by atoms with Crippen LogP contribution >= 0.6 is 23.2 Å². The maximum atomic E-state index is 13.0. The number of anilines is 1. The fourth-order valence-corrected chi connectivity index (χ4v) is 3.53. The number of carboxylic acid groups (broad SMARTS) is 1. The molecule has 1 N–H and O–H groups in total. The van der Waals surface area contributed by atoms with Gasteiger partial charge >= 0.3 is 5.97 Å². The van der Waals surface area contributed by atoms with Crippen molar-refractivity contribution >= 4 is 52.6 Å². The molecule has 0 bridgehead atoms. The molecule has 162 valence electrons. The zero-order valence-electron chi connectivity index (χ0n) is 17.1. The standard InChI is InChI=1S/C22H20Cl2N2O5/c1-4-30-19-10-13(9-18(24)20(19)31-5-2)8-15-12(3)25-26(21(15)27)14-6-7-17(23)16(11-14)22(28)29/h6-11H,4-5H2,1-3H3,(H,28,29)/b15-8-. The SMILES string of the molecule is CCOc1cc(/C=C2\C(=O)N(c3ccc(Cl)c(C(=O)O)c3)N=C2C)cc(Cl)c1OCC. The molecule has 1 heterocycles. The van der Waals surface area contributed by atoms with Crippen molar-refractivity contribution in [1.82, 2.24) is 0 Å². The molecule has 3 rings (SSSR count). The van der Waals surface area contributed by atoms with Crippen molar-refractivity contribution < 1.29 is 24.2 Å². The van der Waals surface area contributed by atoms with E-state index in [0.717, 1.165) is 5.01 Å². The van der Waals surface area contributed by atoms with Crippen molar-refractivity contribution in [2.45, 2.75) is 20.8 Å². The predicted octanol–water partition coefficient (Wildman–Crippen LogP) is 5.30. The fraction of sp³-hybridized carbons (Fsp3) is 0.227. The molecule has 0 aromatic heterocycles. The summed E-state index contributed by atoms with van der Waals surface area (Å²) in [5.74, 6) is -0.675. The molecule has 0 atom stereocenters. The molecular formula is C22H20Cl2N2O5. The Balaban J connectivity index is 1.98. The van der Waals surface area contributed by atoms with E-state index in [1.807, 2.05) is 13.8 Å². The van der Waals surface area contributed by atoms with Crippen LogP contribution in [0.5, 0.6) is 11.5 Å². The van der Waals surface area contributed by atoms with Crippen LogP contribution in [-0.4, -0.2) is 35.9 Å². The molecule has 0 aliphatic carbocycles. The molecule has 9 heteroatoms. The summed E-state index contributed by atoms with van der Waals surface area (Å²) < 4.78 is 11.2. The highest BCUT2D eigenvalue weighted by molar-refractivity contribution is 6.35. The Morgan fingerprint density at radius 3 is 2.48 bits per heavy atom. The summed E-state index contributed by atoms with van der Waals surface area (Å²) in [5, 5.41) is 15.1. The van der Waals surface area contributed by atoms with Gasteiger partial charge in [0.25, 0.3) is 5.91 Å². The second kappa shape index (κ2) is 9.41. The first-order valence-corrected chi connectivity index (χ1v) is 10.3. The number of nitrogens with zero attached hydrogens (tertiary/aromatic N) is 2. The highest BCUT2D eigenvalue weighted by atomic mass is 35.5. The molecule has 0 saturated carbocycles. The van der Waals surface area contributed by atoms with E-state index in [4.69, 9.17) is 32.7 Å². The predicted molar refractivity (Wildman–Crippen MR) is 121 cm³/mol. The van der Waals surface area contributed by atoms with Gasteiger partial charge in [0, 0.05) is 0 Å². The average Bonchev–Trinajstić information content (AvgIpc) is 2.99. The van der Waals surface area contributed by atoms with E-state index in [-0.39, 0.29) is 10.6 Å². The third-order valence-corrected chi connectivity index (χ3v) is 5.03. The highest BCUT2D eigenvalue weighted by Crippen LogP contribution is 2.38. The molecule has 1 amide bonds. The first kappa shape index (κ1) is 22.7. The number of carbonyl (C=O) groups excluding carboxylic acids is 1. The lowest BCUT2D eigenvalue weighted by atomic mass is 10.1. The van der Waals surface area contributed by atoms with Crippen LogP contribution in [0, 0.1) is 0 Å². The van der Waals surface area contributed by atoms with Gasteiger partial charge in [0.15, 0.2) is 11.5 Å². The number of carboxylic acids is 1. The average molecular weight is 463 g/mol. The molecule has 2 aromatic rings. The van der Waals surface area contributed by atoms with E-state index in [9.17, 15) is 14.7 Å². The quantitative estimate of drug-likeness (QED) is 0.564. The van der Waals surface area contributed by atoms with Gasteiger partial charge in [-0.2, -0.15) is 10.1 Å². The van der Waals surface area contributed by atoms with Gasteiger partial charge in [-0.3, -0.25) is 4.79 Å². The van der Waals surface area contributed by atoms with E-state index >= 15 is 0 Å². The lowest BCUT2D eigenvalue weighted by Crippen LogP contribution is -2.21. The molecule has 1 aliphatic heterocycles. The van der Waals surface area contributed by atoms with Crippen LogP contribution in [0.25, 0.3) is 6.08 Å². The number of hydrogen-bond acceptors (Lipinski definition) is 5. The number of hydrogen-bond donors (Lipinski definition) is 1. The van der Waals surface area contributed by atoms with Gasteiger partial charge in [-0.1, -0.05) is 23.2 Å². The van der Waals surface area contributed by atoms with Gasteiger partial charge < -0.3 is 14.6 Å². The zero-order chi connectivity index (χ0) is 22.7. The van der Waals surface area contributed by atoms with E-state index in [2.05, 4.69) is 5.10 Å². The van der Waals surface area contributed by atoms with Crippen molar-refractivity contribution in [1.29, 1.82) is 0 Å². The van der Waals surface area contributed by atoms with Crippen LogP contribution < -0.4 is 14.5 Å². The third kappa shape index (κ3) is 4.68. The summed E-state index contributed by atoms with van der Waals surface area (Å²) in [6.45, 7) is 6.24. The monoisotopic (exact) mass is 462 g/mol. The molecule has 0 radical (unpaired) electrons. The Hall–Kier alpha value is -3.03. The number of benzene rings is 2. The summed E-state index contributed by atoms with van der Waals surface area (Å²) in [7, 11) is 0. The van der Waals surface area contributed by atoms with Crippen LogP contribution in [0.2, 0.25) is 10.0 Å². The number of halogens is 2. The second-order valence-electron chi connectivity index (χ2n) is 6.53. The zero-order valence-corrected chi connectivity index (χ0v) is 18.6. The molecule has 0 saturated heterocycles. The first-order valence-electron chi connectivity index (χ1n) is 9.50. The number of aromatic carboxylic acids is 1. The Kier molecular flexibility index (Phi) is 6.87. The van der Waals surface area contributed by atoms with Crippen LogP contribution in [0.15, 0.2) is 41.0 Å². The van der Waals surface area contributed by atoms with Crippen LogP contribution in [0.1, 0.15) is 36.7 Å². The number of hydrazone groups is 1. The van der Waals surface area contributed by atoms with Crippen molar-refractivity contribution in [2.75, 3.05) is 18.2 Å². The lowest BCUT2D eigenvalue weighted by Gasteiger charge is -2.14. The van der Waals surface area contributed by atoms with E-state index in [1.165, 1.54) is 18.2 Å². The smallest absolute Gasteiger partial charge is 0.337 e. The summed E-state index contributed by atoms with van der Waals surface area (Å²) >= 11 is 12.3. The third-order valence-electron chi connectivity index (χ3n) is 4.42. The molecule has 2 aromatic carbocycles. The highest BCUT2D eigenvalue weighted by Gasteiger charge is 2.29. The topological polar surface area (TPSA) is 88.4 Å². The molecule has 0 fully saturated rings. The van der Waals surface area contributed by atoms with Gasteiger partial charge in [-0.25, -0.2) is 4.79 Å². The van der Waals surface area contributed by atoms with E-state index in [0.29, 0.717) is 52.3 Å². The maximum absolute atomic E-state index is 13.0. The molecule has 0 unspecified atom stereocenters. The Morgan fingerprint density at radius 1 is 1.13 bits per heavy atom. The normalized spacial score (nSPS) is 14.7. The first-order chi connectivity index (χ1) is 14.8. The number of rotatable bonds is 7. The minimum absolute atomic E-state index is 0.0758. The molecular weight excluding hydrogens is 443 g/mol. The Bertz CT molecular complexity index is 1110. The number of carbonyl (C=O) groups is 2. The van der Waals surface area contributed by atoms with Crippen LogP contribution in [0.3, 0.4) is 0 Å². The lowest BCUT2D eigenvalue weighted by molar-refractivity contribution is -0.114. The summed E-state index contributed by atoms with van der Waals surface area (Å²) in [5.41, 5.74) is 1.64. The molecule has 7 nitrogen and oxygen atoms in total. The van der Waals surface area contributed by atoms with Crippen LogP contribution in [-0.2, 0) is 4.79 Å². The van der Waals surface area contributed by atoms with E-state index < -0.39 is 11.9 Å².